The number of ether oxygens (including phenoxy) is 1. The highest BCUT2D eigenvalue weighted by atomic mass is 79.9. The Morgan fingerprint density at radius 1 is 1.50 bits per heavy atom. The summed E-state index contributed by atoms with van der Waals surface area (Å²) in [4.78, 5) is 18.2. The molecule has 1 aliphatic heterocycles. The van der Waals surface area contributed by atoms with E-state index in [9.17, 15) is 4.79 Å². The van der Waals surface area contributed by atoms with E-state index in [1.54, 1.807) is 0 Å². The van der Waals surface area contributed by atoms with Crippen molar-refractivity contribution in [3.05, 3.63) is 34.0 Å². The minimum Gasteiger partial charge on any atom is -0.370 e. The predicted octanol–water partition coefficient (Wildman–Crippen LogP) is 3.60. The molecule has 0 radical (unpaired) electrons. The Bertz CT molecular complexity index is 531. The van der Waals surface area contributed by atoms with E-state index >= 15 is 0 Å². The maximum absolute atomic E-state index is 11.8. The zero-order chi connectivity index (χ0) is 15.9. The summed E-state index contributed by atoms with van der Waals surface area (Å²) in [6.07, 6.45) is 10.8. The SMILES string of the molecule is CC(C)=C/C(Br)=C\N=CC1=CCC(N2CCOCC2=O)CC1. The van der Waals surface area contributed by atoms with E-state index in [0.29, 0.717) is 12.6 Å². The van der Waals surface area contributed by atoms with Gasteiger partial charge in [-0.2, -0.15) is 0 Å². The maximum atomic E-state index is 11.8. The van der Waals surface area contributed by atoms with Crippen molar-refractivity contribution in [3.8, 4) is 0 Å². The molecular weight excluding hydrogens is 344 g/mol. The lowest BCUT2D eigenvalue weighted by Gasteiger charge is -2.35. The first-order valence-corrected chi connectivity index (χ1v) is 8.45. The minimum atomic E-state index is 0.121. The van der Waals surface area contributed by atoms with Gasteiger partial charge in [0.2, 0.25) is 5.91 Å². The zero-order valence-electron chi connectivity index (χ0n) is 13.2. The van der Waals surface area contributed by atoms with Crippen LogP contribution in [0, 0.1) is 0 Å². The number of hydrogen-bond acceptors (Lipinski definition) is 3. The molecule has 5 heteroatoms. The van der Waals surface area contributed by atoms with Gasteiger partial charge in [-0.1, -0.05) is 11.6 Å². The first-order chi connectivity index (χ1) is 10.6. The average molecular weight is 367 g/mol. The summed E-state index contributed by atoms with van der Waals surface area (Å²) in [5, 5.41) is 0. The topological polar surface area (TPSA) is 41.9 Å². The molecule has 0 spiro atoms. The van der Waals surface area contributed by atoms with Gasteiger partial charge in [0.1, 0.15) is 6.61 Å². The number of carbonyl (C=O) groups excluding carboxylic acids is 1. The summed E-state index contributed by atoms with van der Waals surface area (Å²) < 4.78 is 6.15. The number of carbonyl (C=O) groups is 1. The normalized spacial score (nSPS) is 23.7. The van der Waals surface area contributed by atoms with Crippen LogP contribution >= 0.6 is 15.9 Å². The van der Waals surface area contributed by atoms with E-state index in [1.165, 1.54) is 11.1 Å². The Labute approximate surface area is 140 Å². The monoisotopic (exact) mass is 366 g/mol. The molecule has 1 unspecified atom stereocenters. The fourth-order valence-electron chi connectivity index (χ4n) is 2.67. The van der Waals surface area contributed by atoms with Gasteiger partial charge in [0.15, 0.2) is 0 Å². The number of amides is 1. The Balaban J connectivity index is 1.89. The fourth-order valence-corrected chi connectivity index (χ4v) is 3.25. The van der Waals surface area contributed by atoms with Crippen LogP contribution in [0.2, 0.25) is 0 Å². The molecule has 4 nitrogen and oxygen atoms in total. The first kappa shape index (κ1) is 17.2. The fraction of sp³-hybridized carbons (Fsp3) is 0.529. The van der Waals surface area contributed by atoms with Crippen molar-refractivity contribution >= 4 is 28.1 Å². The molecular formula is C17H23BrN2O2. The Kier molecular flexibility index (Phi) is 6.58. The lowest BCUT2D eigenvalue weighted by atomic mass is 9.94. The lowest BCUT2D eigenvalue weighted by Crippen LogP contribution is -2.48. The van der Waals surface area contributed by atoms with Crippen molar-refractivity contribution in [1.82, 2.24) is 4.90 Å². The number of morpholine rings is 1. The summed E-state index contributed by atoms with van der Waals surface area (Å²) in [6, 6.07) is 0.321. The first-order valence-electron chi connectivity index (χ1n) is 7.66. The van der Waals surface area contributed by atoms with Gasteiger partial charge in [0.05, 0.1) is 6.61 Å². The molecule has 0 saturated carbocycles. The number of halogens is 1. The zero-order valence-corrected chi connectivity index (χ0v) is 14.8. The third-order valence-electron chi connectivity index (χ3n) is 3.75. The summed E-state index contributed by atoms with van der Waals surface area (Å²) in [7, 11) is 0. The van der Waals surface area contributed by atoms with Crippen molar-refractivity contribution in [2.24, 2.45) is 4.99 Å². The van der Waals surface area contributed by atoms with E-state index in [4.69, 9.17) is 4.74 Å². The highest BCUT2D eigenvalue weighted by Crippen LogP contribution is 2.23. The highest BCUT2D eigenvalue weighted by Gasteiger charge is 2.27. The van der Waals surface area contributed by atoms with E-state index in [-0.39, 0.29) is 12.5 Å². The molecule has 0 bridgehead atoms. The molecule has 1 aliphatic carbocycles. The number of allylic oxidation sites excluding steroid dienone is 4. The van der Waals surface area contributed by atoms with Gasteiger partial charge < -0.3 is 9.64 Å². The number of nitrogens with zero attached hydrogens (tertiary/aromatic N) is 2. The molecule has 1 atom stereocenters. The molecule has 1 fully saturated rings. The van der Waals surface area contributed by atoms with Gasteiger partial charge in [-0.05, 0) is 60.7 Å². The van der Waals surface area contributed by atoms with Crippen LogP contribution in [0.3, 0.4) is 0 Å². The molecule has 0 aromatic carbocycles. The Morgan fingerprint density at radius 3 is 2.95 bits per heavy atom. The van der Waals surface area contributed by atoms with Gasteiger partial charge in [0.25, 0.3) is 0 Å². The molecule has 0 N–H and O–H groups in total. The minimum absolute atomic E-state index is 0.121. The molecule has 120 valence electrons. The molecule has 0 aromatic rings. The van der Waals surface area contributed by atoms with Crippen LogP contribution in [-0.4, -0.2) is 42.8 Å². The standard InChI is InChI=1S/C17H23BrN2O2/c1-13(2)9-15(18)11-19-10-14-3-5-16(6-4-14)20-7-8-22-12-17(20)21/h3,9-11,16H,4-8,12H2,1-2H3/b15-11+,19-10?. The Hall–Kier alpha value is -1.20. The van der Waals surface area contributed by atoms with Crippen molar-refractivity contribution in [1.29, 1.82) is 0 Å². The summed E-state index contributed by atoms with van der Waals surface area (Å²) in [5.74, 6) is 0.121. The summed E-state index contributed by atoms with van der Waals surface area (Å²) >= 11 is 3.47. The van der Waals surface area contributed by atoms with Gasteiger partial charge in [-0.15, -0.1) is 0 Å². The Morgan fingerprint density at radius 2 is 2.32 bits per heavy atom. The lowest BCUT2D eigenvalue weighted by molar-refractivity contribution is -0.145. The van der Waals surface area contributed by atoms with Crippen LogP contribution in [0.25, 0.3) is 0 Å². The van der Waals surface area contributed by atoms with Crippen LogP contribution in [0.15, 0.2) is 39.0 Å². The second-order valence-electron chi connectivity index (χ2n) is 5.86. The predicted molar refractivity (Wildman–Crippen MR) is 93.2 cm³/mol. The molecule has 0 aromatic heterocycles. The van der Waals surface area contributed by atoms with Crippen molar-refractivity contribution < 1.29 is 9.53 Å². The summed E-state index contributed by atoms with van der Waals surface area (Å²) in [5.41, 5.74) is 2.47. The van der Waals surface area contributed by atoms with Crippen LogP contribution in [0.1, 0.15) is 33.1 Å². The van der Waals surface area contributed by atoms with Crippen molar-refractivity contribution in [2.45, 2.75) is 39.2 Å². The largest absolute Gasteiger partial charge is 0.370 e. The van der Waals surface area contributed by atoms with Crippen LogP contribution < -0.4 is 0 Å². The van der Waals surface area contributed by atoms with E-state index in [2.05, 4.69) is 40.8 Å². The van der Waals surface area contributed by atoms with Crippen LogP contribution in [0.4, 0.5) is 0 Å². The van der Waals surface area contributed by atoms with E-state index < -0.39 is 0 Å². The third-order valence-corrected chi connectivity index (χ3v) is 4.18. The molecule has 22 heavy (non-hydrogen) atoms. The van der Waals surface area contributed by atoms with E-state index in [0.717, 1.165) is 30.3 Å². The molecule has 2 rings (SSSR count). The van der Waals surface area contributed by atoms with E-state index in [1.807, 2.05) is 23.4 Å². The second kappa shape index (κ2) is 8.44. The maximum Gasteiger partial charge on any atom is 0.248 e. The van der Waals surface area contributed by atoms with Gasteiger partial charge in [-0.25, -0.2) is 0 Å². The molecule has 2 aliphatic rings. The number of rotatable bonds is 4. The van der Waals surface area contributed by atoms with Gasteiger partial charge in [0, 0.05) is 29.5 Å². The van der Waals surface area contributed by atoms with Crippen LogP contribution in [-0.2, 0) is 9.53 Å². The van der Waals surface area contributed by atoms with Gasteiger partial charge >= 0.3 is 0 Å². The second-order valence-corrected chi connectivity index (χ2v) is 6.78. The number of hydrogen-bond donors (Lipinski definition) is 0. The molecule has 1 amide bonds. The van der Waals surface area contributed by atoms with Crippen molar-refractivity contribution in [3.63, 3.8) is 0 Å². The average Bonchev–Trinajstić information content (AvgIpc) is 2.48. The smallest absolute Gasteiger partial charge is 0.248 e. The quantitative estimate of drug-likeness (QED) is 0.563. The number of aliphatic imine (C=N–C) groups is 1. The highest BCUT2D eigenvalue weighted by molar-refractivity contribution is 9.11. The van der Waals surface area contributed by atoms with Crippen molar-refractivity contribution in [2.75, 3.05) is 19.8 Å². The van der Waals surface area contributed by atoms with Crippen LogP contribution in [0.5, 0.6) is 0 Å². The molecule has 1 saturated heterocycles. The third kappa shape index (κ3) is 5.21. The van der Waals surface area contributed by atoms with Gasteiger partial charge in [-0.3, -0.25) is 9.79 Å². The molecule has 1 heterocycles. The summed E-state index contributed by atoms with van der Waals surface area (Å²) in [6.45, 7) is 5.71.